The SMILES string of the molecule is Cc1c(F)ccc(CC2CCCNC2)c1F. The average Bonchev–Trinajstić information content (AvgIpc) is 2.31. The van der Waals surface area contributed by atoms with Crippen molar-refractivity contribution in [1.29, 1.82) is 0 Å². The quantitative estimate of drug-likeness (QED) is 0.816. The molecule has 3 heteroatoms. The van der Waals surface area contributed by atoms with Crippen LogP contribution in [0.15, 0.2) is 12.1 Å². The van der Waals surface area contributed by atoms with E-state index in [1.165, 1.54) is 13.0 Å². The largest absolute Gasteiger partial charge is 0.316 e. The summed E-state index contributed by atoms with van der Waals surface area (Å²) in [5, 5.41) is 3.30. The van der Waals surface area contributed by atoms with Gasteiger partial charge in [0.05, 0.1) is 0 Å². The fourth-order valence-electron chi connectivity index (χ4n) is 2.28. The summed E-state index contributed by atoms with van der Waals surface area (Å²) in [5.41, 5.74) is 0.786. The maximum absolute atomic E-state index is 13.8. The minimum absolute atomic E-state index is 0.140. The molecule has 0 spiro atoms. The summed E-state index contributed by atoms with van der Waals surface area (Å²) in [4.78, 5) is 0. The van der Waals surface area contributed by atoms with Crippen LogP contribution in [0.1, 0.15) is 24.0 Å². The number of hydrogen-bond donors (Lipinski definition) is 1. The van der Waals surface area contributed by atoms with E-state index in [2.05, 4.69) is 5.32 Å². The zero-order chi connectivity index (χ0) is 11.5. The van der Waals surface area contributed by atoms with E-state index in [0.717, 1.165) is 25.9 Å². The maximum Gasteiger partial charge on any atom is 0.132 e. The predicted octanol–water partition coefficient (Wildman–Crippen LogP) is 2.82. The van der Waals surface area contributed by atoms with E-state index in [4.69, 9.17) is 0 Å². The average molecular weight is 225 g/mol. The molecule has 1 N–H and O–H groups in total. The van der Waals surface area contributed by atoms with Crippen LogP contribution in [0, 0.1) is 24.5 Å². The molecule has 1 nitrogen and oxygen atoms in total. The predicted molar refractivity (Wildman–Crippen MR) is 60.4 cm³/mol. The summed E-state index contributed by atoms with van der Waals surface area (Å²) in [6.45, 7) is 3.49. The molecule has 88 valence electrons. The molecule has 0 saturated carbocycles. The van der Waals surface area contributed by atoms with Crippen molar-refractivity contribution in [3.63, 3.8) is 0 Å². The van der Waals surface area contributed by atoms with Gasteiger partial charge in [0.1, 0.15) is 11.6 Å². The smallest absolute Gasteiger partial charge is 0.132 e. The first-order valence-electron chi connectivity index (χ1n) is 5.82. The molecule has 0 aliphatic carbocycles. The molecule has 1 heterocycles. The van der Waals surface area contributed by atoms with Crippen molar-refractivity contribution in [3.8, 4) is 0 Å². The summed E-state index contributed by atoms with van der Waals surface area (Å²) in [6, 6.07) is 2.94. The fraction of sp³-hybridized carbons (Fsp3) is 0.538. The fourth-order valence-corrected chi connectivity index (χ4v) is 2.28. The maximum atomic E-state index is 13.8. The van der Waals surface area contributed by atoms with E-state index in [-0.39, 0.29) is 11.4 Å². The van der Waals surface area contributed by atoms with Gasteiger partial charge in [-0.25, -0.2) is 8.78 Å². The normalized spacial score (nSPS) is 21.1. The number of benzene rings is 1. The molecule has 1 unspecified atom stereocenters. The summed E-state index contributed by atoms with van der Waals surface area (Å²) >= 11 is 0. The molecule has 1 aromatic rings. The Labute approximate surface area is 94.9 Å². The molecular weight excluding hydrogens is 208 g/mol. The molecule has 0 bridgehead atoms. The Hall–Kier alpha value is -0.960. The lowest BCUT2D eigenvalue weighted by molar-refractivity contribution is 0.371. The van der Waals surface area contributed by atoms with Crippen LogP contribution >= 0.6 is 0 Å². The van der Waals surface area contributed by atoms with Crippen molar-refractivity contribution < 1.29 is 8.78 Å². The number of halogens is 2. The lowest BCUT2D eigenvalue weighted by atomic mass is 9.91. The lowest BCUT2D eigenvalue weighted by Crippen LogP contribution is -2.31. The van der Waals surface area contributed by atoms with Crippen LogP contribution in [0.4, 0.5) is 8.78 Å². The molecule has 1 atom stereocenters. The molecule has 0 radical (unpaired) electrons. The second kappa shape index (κ2) is 4.91. The van der Waals surface area contributed by atoms with Crippen molar-refractivity contribution in [1.82, 2.24) is 5.32 Å². The van der Waals surface area contributed by atoms with E-state index < -0.39 is 5.82 Å². The number of hydrogen-bond acceptors (Lipinski definition) is 1. The summed E-state index contributed by atoms with van der Waals surface area (Å²) in [5.74, 6) is -0.346. The second-order valence-electron chi connectivity index (χ2n) is 4.56. The molecule has 1 aromatic carbocycles. The molecule has 1 aliphatic heterocycles. The Morgan fingerprint density at radius 2 is 2.19 bits per heavy atom. The Balaban J connectivity index is 2.11. The van der Waals surface area contributed by atoms with Crippen LogP contribution in [-0.2, 0) is 6.42 Å². The van der Waals surface area contributed by atoms with E-state index in [1.54, 1.807) is 6.07 Å². The van der Waals surface area contributed by atoms with Gasteiger partial charge in [0.2, 0.25) is 0 Å². The highest BCUT2D eigenvalue weighted by molar-refractivity contribution is 5.26. The van der Waals surface area contributed by atoms with Gasteiger partial charge in [-0.15, -0.1) is 0 Å². The van der Waals surface area contributed by atoms with Crippen molar-refractivity contribution in [3.05, 3.63) is 34.9 Å². The first-order valence-corrected chi connectivity index (χ1v) is 5.82. The third kappa shape index (κ3) is 2.40. The summed E-state index contributed by atoms with van der Waals surface area (Å²) < 4.78 is 26.8. The number of rotatable bonds is 2. The zero-order valence-electron chi connectivity index (χ0n) is 9.52. The topological polar surface area (TPSA) is 12.0 Å². The molecule has 0 aromatic heterocycles. The van der Waals surface area contributed by atoms with E-state index in [0.29, 0.717) is 17.9 Å². The molecule has 16 heavy (non-hydrogen) atoms. The van der Waals surface area contributed by atoms with Gasteiger partial charge < -0.3 is 5.32 Å². The van der Waals surface area contributed by atoms with Gasteiger partial charge in [0.25, 0.3) is 0 Å². The second-order valence-corrected chi connectivity index (χ2v) is 4.56. The van der Waals surface area contributed by atoms with Gasteiger partial charge in [-0.05, 0) is 56.8 Å². The monoisotopic (exact) mass is 225 g/mol. The molecule has 0 amide bonds. The molecular formula is C13H17F2N. The molecule has 2 rings (SSSR count). The Bertz CT molecular complexity index is 370. The van der Waals surface area contributed by atoms with Gasteiger partial charge in [-0.2, -0.15) is 0 Å². The standard InChI is InChI=1S/C13H17F2N/c1-9-12(14)5-4-11(13(9)15)7-10-3-2-6-16-8-10/h4-5,10,16H,2-3,6-8H2,1H3. The van der Waals surface area contributed by atoms with Crippen molar-refractivity contribution >= 4 is 0 Å². The third-order valence-electron chi connectivity index (χ3n) is 3.31. The minimum atomic E-state index is -0.456. The van der Waals surface area contributed by atoms with Gasteiger partial charge in [-0.3, -0.25) is 0 Å². The van der Waals surface area contributed by atoms with E-state index in [1.807, 2.05) is 0 Å². The van der Waals surface area contributed by atoms with Crippen molar-refractivity contribution in [2.45, 2.75) is 26.2 Å². The van der Waals surface area contributed by atoms with Crippen LogP contribution in [0.25, 0.3) is 0 Å². The summed E-state index contributed by atoms with van der Waals surface area (Å²) in [6.07, 6.45) is 2.98. The molecule has 1 aliphatic rings. The molecule has 1 saturated heterocycles. The van der Waals surface area contributed by atoms with Crippen LogP contribution in [0.2, 0.25) is 0 Å². The first-order chi connectivity index (χ1) is 7.68. The summed E-state index contributed by atoms with van der Waals surface area (Å²) in [7, 11) is 0. The van der Waals surface area contributed by atoms with E-state index in [9.17, 15) is 8.78 Å². The van der Waals surface area contributed by atoms with E-state index >= 15 is 0 Å². The Kier molecular flexibility index (Phi) is 3.54. The highest BCUT2D eigenvalue weighted by Gasteiger charge is 2.17. The minimum Gasteiger partial charge on any atom is -0.316 e. The zero-order valence-corrected chi connectivity index (χ0v) is 9.52. The van der Waals surface area contributed by atoms with Gasteiger partial charge in [0, 0.05) is 5.56 Å². The van der Waals surface area contributed by atoms with Crippen LogP contribution in [0.3, 0.4) is 0 Å². The Morgan fingerprint density at radius 1 is 1.38 bits per heavy atom. The third-order valence-corrected chi connectivity index (χ3v) is 3.31. The van der Waals surface area contributed by atoms with Crippen LogP contribution in [0.5, 0.6) is 0 Å². The van der Waals surface area contributed by atoms with Crippen LogP contribution < -0.4 is 5.32 Å². The van der Waals surface area contributed by atoms with Crippen LogP contribution in [-0.4, -0.2) is 13.1 Å². The number of nitrogens with one attached hydrogen (secondary N) is 1. The van der Waals surface area contributed by atoms with Gasteiger partial charge in [-0.1, -0.05) is 6.07 Å². The Morgan fingerprint density at radius 3 is 2.88 bits per heavy atom. The van der Waals surface area contributed by atoms with Gasteiger partial charge in [0.15, 0.2) is 0 Å². The highest BCUT2D eigenvalue weighted by Crippen LogP contribution is 2.21. The van der Waals surface area contributed by atoms with Crippen molar-refractivity contribution in [2.75, 3.05) is 13.1 Å². The first kappa shape index (κ1) is 11.5. The van der Waals surface area contributed by atoms with Gasteiger partial charge >= 0.3 is 0 Å². The highest BCUT2D eigenvalue weighted by atomic mass is 19.1. The number of piperidine rings is 1. The van der Waals surface area contributed by atoms with Crippen molar-refractivity contribution in [2.24, 2.45) is 5.92 Å². The lowest BCUT2D eigenvalue weighted by Gasteiger charge is -2.23. The molecule has 1 fully saturated rings.